The molecule has 0 radical (unpaired) electrons. The molecule has 1 fully saturated rings. The maximum atomic E-state index is 13.0. The normalized spacial score (nSPS) is 16.0. The lowest BCUT2D eigenvalue weighted by Gasteiger charge is -2.34. The molecule has 0 spiro atoms. The summed E-state index contributed by atoms with van der Waals surface area (Å²) in [5.41, 5.74) is 0.303. The SMILES string of the molecule is CNC(=O)CN1CCN(C(=O)c2ccnc(F)c2)CC1. The predicted molar refractivity (Wildman–Crippen MR) is 70.6 cm³/mol. The Morgan fingerprint density at radius 2 is 2.05 bits per heavy atom. The third-order valence-electron chi connectivity index (χ3n) is 3.28. The monoisotopic (exact) mass is 280 g/mol. The van der Waals surface area contributed by atoms with E-state index < -0.39 is 5.95 Å². The smallest absolute Gasteiger partial charge is 0.254 e. The summed E-state index contributed by atoms with van der Waals surface area (Å²) < 4.78 is 13.0. The number of hydrogen-bond donors (Lipinski definition) is 1. The number of pyridine rings is 1. The van der Waals surface area contributed by atoms with Crippen molar-refractivity contribution in [2.75, 3.05) is 39.8 Å². The fraction of sp³-hybridized carbons (Fsp3) is 0.462. The Hall–Kier alpha value is -2.02. The number of aromatic nitrogens is 1. The number of piperazine rings is 1. The zero-order valence-corrected chi connectivity index (χ0v) is 11.3. The summed E-state index contributed by atoms with van der Waals surface area (Å²) in [6.07, 6.45) is 1.28. The Bertz CT molecular complexity index is 501. The molecule has 1 aromatic rings. The maximum absolute atomic E-state index is 13.0. The van der Waals surface area contributed by atoms with Gasteiger partial charge in [-0.2, -0.15) is 4.39 Å². The summed E-state index contributed by atoms with van der Waals surface area (Å²) in [5, 5.41) is 2.57. The molecule has 0 bridgehead atoms. The minimum atomic E-state index is -0.658. The zero-order chi connectivity index (χ0) is 14.5. The molecule has 1 N–H and O–H groups in total. The van der Waals surface area contributed by atoms with E-state index in [0.717, 1.165) is 6.07 Å². The van der Waals surface area contributed by atoms with Crippen molar-refractivity contribution < 1.29 is 14.0 Å². The van der Waals surface area contributed by atoms with E-state index in [9.17, 15) is 14.0 Å². The van der Waals surface area contributed by atoms with Crippen molar-refractivity contribution in [1.82, 2.24) is 20.1 Å². The Morgan fingerprint density at radius 1 is 1.35 bits per heavy atom. The van der Waals surface area contributed by atoms with E-state index in [1.807, 2.05) is 4.90 Å². The van der Waals surface area contributed by atoms with Crippen LogP contribution in [-0.4, -0.2) is 66.4 Å². The fourth-order valence-electron chi connectivity index (χ4n) is 2.11. The molecule has 0 aromatic carbocycles. The summed E-state index contributed by atoms with van der Waals surface area (Å²) in [4.78, 5) is 30.5. The minimum Gasteiger partial charge on any atom is -0.358 e. The number of carbonyl (C=O) groups is 2. The van der Waals surface area contributed by atoms with Gasteiger partial charge >= 0.3 is 0 Å². The third kappa shape index (κ3) is 3.51. The quantitative estimate of drug-likeness (QED) is 0.774. The van der Waals surface area contributed by atoms with Gasteiger partial charge in [0.15, 0.2) is 0 Å². The number of likely N-dealkylation sites (N-methyl/N-ethyl adjacent to an activating group) is 1. The van der Waals surface area contributed by atoms with Gasteiger partial charge in [0, 0.05) is 51.1 Å². The van der Waals surface area contributed by atoms with E-state index in [1.165, 1.54) is 12.3 Å². The number of amides is 2. The first kappa shape index (κ1) is 14.4. The highest BCUT2D eigenvalue weighted by atomic mass is 19.1. The predicted octanol–water partition coefficient (Wildman–Crippen LogP) is -0.275. The highest BCUT2D eigenvalue weighted by molar-refractivity contribution is 5.94. The molecule has 2 heterocycles. The van der Waals surface area contributed by atoms with Crippen LogP contribution in [0.25, 0.3) is 0 Å². The van der Waals surface area contributed by atoms with Gasteiger partial charge in [-0.15, -0.1) is 0 Å². The molecule has 1 aliphatic rings. The number of halogens is 1. The van der Waals surface area contributed by atoms with Crippen molar-refractivity contribution in [3.8, 4) is 0 Å². The first-order valence-electron chi connectivity index (χ1n) is 6.44. The summed E-state index contributed by atoms with van der Waals surface area (Å²) in [6.45, 7) is 2.65. The van der Waals surface area contributed by atoms with Crippen LogP contribution in [0.1, 0.15) is 10.4 Å². The van der Waals surface area contributed by atoms with Gasteiger partial charge in [-0.1, -0.05) is 0 Å². The minimum absolute atomic E-state index is 0.0408. The molecule has 2 amide bonds. The molecule has 0 saturated carbocycles. The van der Waals surface area contributed by atoms with Gasteiger partial charge < -0.3 is 10.2 Å². The Kier molecular flexibility index (Phi) is 4.62. The average molecular weight is 280 g/mol. The molecule has 6 nitrogen and oxygen atoms in total. The van der Waals surface area contributed by atoms with Crippen LogP contribution in [-0.2, 0) is 4.79 Å². The number of hydrogen-bond acceptors (Lipinski definition) is 4. The van der Waals surface area contributed by atoms with Gasteiger partial charge in [-0.3, -0.25) is 14.5 Å². The van der Waals surface area contributed by atoms with Crippen molar-refractivity contribution in [3.05, 3.63) is 29.8 Å². The molecule has 0 aliphatic carbocycles. The molecule has 108 valence electrons. The second-order valence-electron chi connectivity index (χ2n) is 4.61. The van der Waals surface area contributed by atoms with Crippen LogP contribution in [0.5, 0.6) is 0 Å². The molecule has 0 unspecified atom stereocenters. The molecule has 1 aliphatic heterocycles. The molecule has 0 atom stereocenters. The zero-order valence-electron chi connectivity index (χ0n) is 11.3. The second-order valence-corrected chi connectivity index (χ2v) is 4.61. The molecular formula is C13H17FN4O2. The van der Waals surface area contributed by atoms with Crippen LogP contribution in [0.3, 0.4) is 0 Å². The van der Waals surface area contributed by atoms with Crippen LogP contribution in [0.2, 0.25) is 0 Å². The first-order valence-corrected chi connectivity index (χ1v) is 6.44. The number of carbonyl (C=O) groups excluding carboxylic acids is 2. The van der Waals surface area contributed by atoms with E-state index in [4.69, 9.17) is 0 Å². The summed E-state index contributed by atoms with van der Waals surface area (Å²) >= 11 is 0. The first-order chi connectivity index (χ1) is 9.60. The van der Waals surface area contributed by atoms with Gasteiger partial charge in [0.2, 0.25) is 11.9 Å². The lowest BCUT2D eigenvalue weighted by atomic mass is 10.2. The number of nitrogens with one attached hydrogen (secondary N) is 1. The maximum Gasteiger partial charge on any atom is 0.254 e. The average Bonchev–Trinajstić information content (AvgIpc) is 2.47. The van der Waals surface area contributed by atoms with Crippen LogP contribution >= 0.6 is 0 Å². The molecule has 1 aromatic heterocycles. The Balaban J connectivity index is 1.90. The number of nitrogens with zero attached hydrogens (tertiary/aromatic N) is 3. The lowest BCUT2D eigenvalue weighted by Crippen LogP contribution is -2.50. The topological polar surface area (TPSA) is 65.5 Å². The van der Waals surface area contributed by atoms with Gasteiger partial charge in [-0.05, 0) is 6.07 Å². The van der Waals surface area contributed by atoms with Gasteiger partial charge in [0.05, 0.1) is 6.54 Å². The summed E-state index contributed by atoms with van der Waals surface area (Å²) in [5.74, 6) is -0.902. The van der Waals surface area contributed by atoms with Crippen LogP contribution in [0, 0.1) is 5.95 Å². The lowest BCUT2D eigenvalue weighted by molar-refractivity contribution is -0.122. The molecular weight excluding hydrogens is 263 g/mol. The van der Waals surface area contributed by atoms with Crippen LogP contribution in [0.15, 0.2) is 18.3 Å². The van der Waals surface area contributed by atoms with Gasteiger partial charge in [0.1, 0.15) is 0 Å². The van der Waals surface area contributed by atoms with Crippen molar-refractivity contribution in [2.24, 2.45) is 0 Å². The Morgan fingerprint density at radius 3 is 2.65 bits per heavy atom. The summed E-state index contributed by atoms with van der Waals surface area (Å²) in [7, 11) is 1.60. The second kappa shape index (κ2) is 6.42. The molecule has 7 heteroatoms. The molecule has 20 heavy (non-hydrogen) atoms. The van der Waals surface area contributed by atoms with Crippen molar-refractivity contribution >= 4 is 11.8 Å². The largest absolute Gasteiger partial charge is 0.358 e. The Labute approximate surface area is 116 Å². The van der Waals surface area contributed by atoms with Crippen molar-refractivity contribution in [2.45, 2.75) is 0 Å². The van der Waals surface area contributed by atoms with Crippen LogP contribution in [0.4, 0.5) is 4.39 Å². The van der Waals surface area contributed by atoms with Crippen molar-refractivity contribution in [3.63, 3.8) is 0 Å². The highest BCUT2D eigenvalue weighted by Crippen LogP contribution is 2.09. The van der Waals surface area contributed by atoms with E-state index in [2.05, 4.69) is 10.3 Å². The molecule has 2 rings (SSSR count). The highest BCUT2D eigenvalue weighted by Gasteiger charge is 2.23. The van der Waals surface area contributed by atoms with Gasteiger partial charge in [-0.25, -0.2) is 4.98 Å². The van der Waals surface area contributed by atoms with Crippen molar-refractivity contribution in [1.29, 1.82) is 0 Å². The fourth-order valence-corrected chi connectivity index (χ4v) is 2.11. The molecule has 1 saturated heterocycles. The van der Waals surface area contributed by atoms with Crippen LogP contribution < -0.4 is 5.32 Å². The van der Waals surface area contributed by atoms with E-state index in [1.54, 1.807) is 11.9 Å². The summed E-state index contributed by atoms with van der Waals surface area (Å²) in [6, 6.07) is 2.64. The van der Waals surface area contributed by atoms with E-state index in [0.29, 0.717) is 38.3 Å². The van der Waals surface area contributed by atoms with E-state index >= 15 is 0 Å². The van der Waals surface area contributed by atoms with E-state index in [-0.39, 0.29) is 11.8 Å². The van der Waals surface area contributed by atoms with Gasteiger partial charge in [0.25, 0.3) is 5.91 Å². The number of rotatable bonds is 3. The third-order valence-corrected chi connectivity index (χ3v) is 3.28. The standard InChI is InChI=1S/C13H17FN4O2/c1-15-12(19)9-17-4-6-18(7-5-17)13(20)10-2-3-16-11(14)8-10/h2-3,8H,4-7,9H2,1H3,(H,15,19).